The summed E-state index contributed by atoms with van der Waals surface area (Å²) in [5.41, 5.74) is 5.15. The van der Waals surface area contributed by atoms with Crippen LogP contribution < -0.4 is 5.73 Å². The Morgan fingerprint density at radius 2 is 2.00 bits per heavy atom. The highest BCUT2D eigenvalue weighted by atomic mass is 127. The molecule has 1 rings (SSSR count). The fraction of sp³-hybridized carbons (Fsp3) is 0.833. The molecule has 4 nitrogen and oxygen atoms in total. The van der Waals surface area contributed by atoms with Gasteiger partial charge in [0.05, 0.1) is 0 Å². The molecule has 0 spiro atoms. The Labute approximate surface area is 80.2 Å². The summed E-state index contributed by atoms with van der Waals surface area (Å²) in [7, 11) is 0. The van der Waals surface area contributed by atoms with E-state index in [0.29, 0.717) is 0 Å². The first kappa shape index (κ1) is 9.05. The van der Waals surface area contributed by atoms with E-state index >= 15 is 0 Å². The maximum absolute atomic E-state index is 10.7. The molecule has 0 aliphatic carbocycles. The number of halogens is 1. The quantitative estimate of drug-likeness (QED) is 0.512. The van der Waals surface area contributed by atoms with Gasteiger partial charge in [0.15, 0.2) is 0 Å². The molecule has 0 aromatic carbocycles. The number of primary amides is 1. The van der Waals surface area contributed by atoms with Crippen LogP contribution in [0.2, 0.25) is 0 Å². The van der Waals surface area contributed by atoms with E-state index in [1.165, 1.54) is 0 Å². The summed E-state index contributed by atoms with van der Waals surface area (Å²) in [5, 5.41) is 0. The van der Waals surface area contributed by atoms with Crippen molar-refractivity contribution in [3.8, 4) is 0 Å². The van der Waals surface area contributed by atoms with Crippen LogP contribution in [-0.4, -0.2) is 40.2 Å². The molecule has 0 aromatic rings. The first-order valence-corrected chi connectivity index (χ1v) is 4.62. The van der Waals surface area contributed by atoms with E-state index in [9.17, 15) is 4.79 Å². The third-order valence-corrected chi connectivity index (χ3v) is 2.72. The largest absolute Gasteiger partial charge is 0.351 e. The predicted octanol–water partition coefficient (Wildman–Crippen LogP) is 0.423. The highest BCUT2D eigenvalue weighted by Crippen LogP contribution is 2.06. The van der Waals surface area contributed by atoms with E-state index in [0.717, 1.165) is 32.6 Å². The summed E-state index contributed by atoms with van der Waals surface area (Å²) in [6, 6.07) is -0.295. The number of carbonyl (C=O) groups is 1. The van der Waals surface area contributed by atoms with Crippen molar-refractivity contribution in [2.75, 3.05) is 26.2 Å². The molecule has 0 unspecified atom stereocenters. The second-order valence-electron chi connectivity index (χ2n) is 2.59. The molecule has 1 heterocycles. The maximum Gasteiger partial charge on any atom is 0.314 e. The molecule has 0 bridgehead atoms. The summed E-state index contributed by atoms with van der Waals surface area (Å²) in [6.07, 6.45) is 1.02. The molecule has 1 aliphatic heterocycles. The zero-order chi connectivity index (χ0) is 8.27. The monoisotopic (exact) mass is 269 g/mol. The highest BCUT2D eigenvalue weighted by Gasteiger charge is 2.14. The van der Waals surface area contributed by atoms with Gasteiger partial charge in [-0.3, -0.25) is 0 Å². The van der Waals surface area contributed by atoms with Crippen molar-refractivity contribution in [1.82, 2.24) is 8.01 Å². The van der Waals surface area contributed by atoms with Gasteiger partial charge in [0.1, 0.15) is 0 Å². The van der Waals surface area contributed by atoms with Crippen LogP contribution in [0.3, 0.4) is 0 Å². The van der Waals surface area contributed by atoms with E-state index < -0.39 is 0 Å². The predicted molar refractivity (Wildman–Crippen MR) is 51.4 cm³/mol. The Morgan fingerprint density at radius 1 is 1.27 bits per heavy atom. The lowest BCUT2D eigenvalue weighted by Crippen LogP contribution is -2.37. The van der Waals surface area contributed by atoms with Gasteiger partial charge < -0.3 is 10.6 Å². The second-order valence-corrected chi connectivity index (χ2v) is 3.95. The smallest absolute Gasteiger partial charge is 0.314 e. The number of urea groups is 1. The van der Waals surface area contributed by atoms with Crippen molar-refractivity contribution in [2.45, 2.75) is 6.42 Å². The van der Waals surface area contributed by atoms with Gasteiger partial charge in [0.2, 0.25) is 0 Å². The van der Waals surface area contributed by atoms with Gasteiger partial charge in [-0.05, 0) is 6.42 Å². The van der Waals surface area contributed by atoms with E-state index in [2.05, 4.69) is 26.0 Å². The van der Waals surface area contributed by atoms with Crippen molar-refractivity contribution in [1.29, 1.82) is 0 Å². The fourth-order valence-corrected chi connectivity index (χ4v) is 1.66. The summed E-state index contributed by atoms with van der Waals surface area (Å²) in [5.74, 6) is 0. The molecule has 1 fully saturated rings. The molecule has 5 heteroatoms. The molecule has 11 heavy (non-hydrogen) atoms. The van der Waals surface area contributed by atoms with Crippen molar-refractivity contribution in [3.05, 3.63) is 0 Å². The third kappa shape index (κ3) is 2.82. The zero-order valence-electron chi connectivity index (χ0n) is 6.29. The highest BCUT2D eigenvalue weighted by molar-refractivity contribution is 14.1. The lowest BCUT2D eigenvalue weighted by Gasteiger charge is -2.16. The minimum absolute atomic E-state index is 0.295. The van der Waals surface area contributed by atoms with Gasteiger partial charge in [-0.15, -0.1) is 0 Å². The molecule has 0 aromatic heterocycles. The number of hydrogen-bond acceptors (Lipinski definition) is 2. The van der Waals surface area contributed by atoms with Gasteiger partial charge in [-0.1, -0.05) is 0 Å². The number of nitrogens with zero attached hydrogens (tertiary/aromatic N) is 2. The van der Waals surface area contributed by atoms with Crippen LogP contribution in [0.1, 0.15) is 6.42 Å². The molecule has 2 N–H and O–H groups in total. The van der Waals surface area contributed by atoms with Gasteiger partial charge in [0, 0.05) is 49.0 Å². The lowest BCUT2D eigenvalue weighted by molar-refractivity contribution is 0.210. The number of amides is 2. The molecule has 0 saturated carbocycles. The number of rotatable bonds is 0. The van der Waals surface area contributed by atoms with Crippen molar-refractivity contribution in [2.24, 2.45) is 5.73 Å². The van der Waals surface area contributed by atoms with Crippen LogP contribution in [0, 0.1) is 0 Å². The molecule has 64 valence electrons. The fourth-order valence-electron chi connectivity index (χ4n) is 1.11. The molecule has 1 aliphatic rings. The van der Waals surface area contributed by atoms with Gasteiger partial charge >= 0.3 is 6.03 Å². The zero-order valence-corrected chi connectivity index (χ0v) is 8.45. The Hall–Kier alpha value is -0.0400. The molecular formula is C6H12IN3O. The molecule has 2 amide bonds. The minimum Gasteiger partial charge on any atom is -0.351 e. The first-order valence-electron chi connectivity index (χ1n) is 3.65. The molecular weight excluding hydrogens is 257 g/mol. The van der Waals surface area contributed by atoms with Crippen LogP contribution in [0.15, 0.2) is 0 Å². The third-order valence-electron chi connectivity index (χ3n) is 1.75. The van der Waals surface area contributed by atoms with Crippen LogP contribution in [0.25, 0.3) is 0 Å². The molecule has 0 radical (unpaired) electrons. The van der Waals surface area contributed by atoms with E-state index in [4.69, 9.17) is 5.73 Å². The summed E-state index contributed by atoms with van der Waals surface area (Å²) >= 11 is 2.27. The molecule has 0 atom stereocenters. The standard InChI is InChI=1S/C6H12IN3O/c7-10-3-1-2-9(4-5-10)6(8)11/h1-5H2,(H2,8,11). The van der Waals surface area contributed by atoms with Gasteiger partial charge in [-0.25, -0.2) is 7.91 Å². The molecule has 1 saturated heterocycles. The maximum atomic E-state index is 10.7. The van der Waals surface area contributed by atoms with Crippen molar-refractivity contribution < 1.29 is 4.79 Å². The Bertz CT molecular complexity index is 153. The minimum atomic E-state index is -0.295. The summed E-state index contributed by atoms with van der Waals surface area (Å²) in [6.45, 7) is 3.53. The summed E-state index contributed by atoms with van der Waals surface area (Å²) in [4.78, 5) is 12.4. The van der Waals surface area contributed by atoms with Gasteiger partial charge in [-0.2, -0.15) is 0 Å². The Balaban J connectivity index is 2.40. The van der Waals surface area contributed by atoms with Crippen molar-refractivity contribution in [3.63, 3.8) is 0 Å². The first-order chi connectivity index (χ1) is 5.20. The number of nitrogens with two attached hydrogens (primary N) is 1. The van der Waals surface area contributed by atoms with Crippen molar-refractivity contribution >= 4 is 28.9 Å². The van der Waals surface area contributed by atoms with Crippen LogP contribution in [0.5, 0.6) is 0 Å². The Morgan fingerprint density at radius 3 is 2.64 bits per heavy atom. The topological polar surface area (TPSA) is 49.6 Å². The van der Waals surface area contributed by atoms with E-state index in [-0.39, 0.29) is 6.03 Å². The normalized spacial score (nSPS) is 21.4. The van der Waals surface area contributed by atoms with Crippen LogP contribution in [-0.2, 0) is 0 Å². The van der Waals surface area contributed by atoms with Crippen LogP contribution >= 0.6 is 22.9 Å². The number of hydrogen-bond donors (Lipinski definition) is 1. The second kappa shape index (κ2) is 4.10. The number of carbonyl (C=O) groups excluding carboxylic acids is 1. The lowest BCUT2D eigenvalue weighted by atomic mass is 10.4. The average molecular weight is 269 g/mol. The van der Waals surface area contributed by atoms with Crippen LogP contribution in [0.4, 0.5) is 4.79 Å². The summed E-state index contributed by atoms with van der Waals surface area (Å²) < 4.78 is 2.18. The Kier molecular flexibility index (Phi) is 3.38. The van der Waals surface area contributed by atoms with E-state index in [1.807, 2.05) is 0 Å². The average Bonchev–Trinajstić information content (AvgIpc) is 2.13. The van der Waals surface area contributed by atoms with Gasteiger partial charge in [0.25, 0.3) is 0 Å². The van der Waals surface area contributed by atoms with E-state index in [1.54, 1.807) is 4.90 Å². The SMILES string of the molecule is NC(=O)N1CCCN(I)CC1.